The minimum atomic E-state index is -3.87. The first-order chi connectivity index (χ1) is 15.0. The molecule has 11 heteroatoms. The van der Waals surface area contributed by atoms with Crippen molar-refractivity contribution >= 4 is 21.8 Å². The average Bonchev–Trinajstić information content (AvgIpc) is 3.28. The Labute approximate surface area is 184 Å². The minimum Gasteiger partial charge on any atom is -0.392 e. The standard InChI is InChI=1S/C21H22FN3O6S/c1-21(19(27)23-29,32(2,30)31)7-8-24-12-17-9-14(11-25(17)20(24)28)3-5-16-6-4-15(13-26)10-18(16)22/h4,6,9-11,26,29H,7-8,12-13H2,1-2H3,(H,23,27). The number of carbonyl (C=O) groups excluding carboxylic acids is 2. The van der Waals surface area contributed by atoms with Gasteiger partial charge in [-0.2, -0.15) is 0 Å². The van der Waals surface area contributed by atoms with Crippen molar-refractivity contribution in [1.29, 1.82) is 0 Å². The van der Waals surface area contributed by atoms with Crippen LogP contribution in [-0.4, -0.2) is 57.7 Å². The first-order valence-electron chi connectivity index (χ1n) is 9.56. The molecule has 170 valence electrons. The van der Waals surface area contributed by atoms with E-state index >= 15 is 0 Å². The fraction of sp³-hybridized carbons (Fsp3) is 0.333. The molecule has 3 rings (SSSR count). The second-order valence-electron chi connectivity index (χ2n) is 7.71. The fourth-order valence-electron chi connectivity index (χ4n) is 3.30. The number of halogens is 1. The van der Waals surface area contributed by atoms with E-state index in [0.717, 1.165) is 6.26 Å². The Morgan fingerprint density at radius 1 is 1.31 bits per heavy atom. The molecule has 0 spiro atoms. The largest absolute Gasteiger partial charge is 0.392 e. The summed E-state index contributed by atoms with van der Waals surface area (Å²) in [4.78, 5) is 26.0. The van der Waals surface area contributed by atoms with Gasteiger partial charge in [0.2, 0.25) is 0 Å². The van der Waals surface area contributed by atoms with Gasteiger partial charge in [-0.25, -0.2) is 23.1 Å². The van der Waals surface area contributed by atoms with E-state index in [1.165, 1.54) is 40.2 Å². The van der Waals surface area contributed by atoms with Crippen LogP contribution >= 0.6 is 0 Å². The number of fused-ring (bicyclic) bond motifs is 1. The van der Waals surface area contributed by atoms with E-state index in [0.29, 0.717) is 16.8 Å². The summed E-state index contributed by atoms with van der Waals surface area (Å²) in [5.74, 6) is 3.87. The molecule has 1 unspecified atom stereocenters. The number of hydrogen-bond donors (Lipinski definition) is 3. The Kier molecular flexibility index (Phi) is 6.41. The van der Waals surface area contributed by atoms with Gasteiger partial charge >= 0.3 is 6.03 Å². The number of hydrogen-bond acceptors (Lipinski definition) is 6. The zero-order chi connectivity index (χ0) is 23.7. The summed E-state index contributed by atoms with van der Waals surface area (Å²) < 4.78 is 37.6. The molecule has 0 saturated carbocycles. The number of amides is 2. The van der Waals surface area contributed by atoms with Crippen LogP contribution in [0.3, 0.4) is 0 Å². The highest BCUT2D eigenvalue weighted by atomic mass is 32.2. The Balaban J connectivity index is 1.73. The SMILES string of the molecule is CC(CCN1Cc2cc(C#Cc3ccc(CO)cc3F)cn2C1=O)(C(=O)NO)S(C)(=O)=O. The van der Waals surface area contributed by atoms with Gasteiger partial charge in [0.25, 0.3) is 5.91 Å². The lowest BCUT2D eigenvalue weighted by Crippen LogP contribution is -2.50. The Morgan fingerprint density at radius 2 is 2.03 bits per heavy atom. The third-order valence-electron chi connectivity index (χ3n) is 5.55. The van der Waals surface area contributed by atoms with Crippen molar-refractivity contribution in [3.05, 3.63) is 58.7 Å². The monoisotopic (exact) mass is 463 g/mol. The van der Waals surface area contributed by atoms with E-state index < -0.39 is 32.3 Å². The highest BCUT2D eigenvalue weighted by Crippen LogP contribution is 2.25. The minimum absolute atomic E-state index is 0.0269. The molecule has 0 fully saturated rings. The lowest BCUT2D eigenvalue weighted by molar-refractivity contribution is -0.131. The number of rotatable bonds is 6. The molecule has 0 saturated heterocycles. The van der Waals surface area contributed by atoms with E-state index in [2.05, 4.69) is 11.8 Å². The van der Waals surface area contributed by atoms with E-state index in [1.807, 2.05) is 0 Å². The van der Waals surface area contributed by atoms with Gasteiger partial charge in [0.1, 0.15) is 5.82 Å². The van der Waals surface area contributed by atoms with Gasteiger partial charge in [-0.15, -0.1) is 0 Å². The van der Waals surface area contributed by atoms with Gasteiger partial charge in [0.05, 0.1) is 18.7 Å². The highest BCUT2D eigenvalue weighted by Gasteiger charge is 2.44. The number of sulfone groups is 1. The Hall–Kier alpha value is -3.20. The van der Waals surface area contributed by atoms with Gasteiger partial charge in [-0.05, 0) is 37.1 Å². The average molecular weight is 463 g/mol. The third-order valence-corrected chi connectivity index (χ3v) is 7.57. The Morgan fingerprint density at radius 3 is 2.59 bits per heavy atom. The second-order valence-corrected chi connectivity index (χ2v) is 10.2. The van der Waals surface area contributed by atoms with E-state index in [9.17, 15) is 22.4 Å². The number of aliphatic hydroxyl groups is 1. The van der Waals surface area contributed by atoms with E-state index in [4.69, 9.17) is 10.3 Å². The van der Waals surface area contributed by atoms with Crippen molar-refractivity contribution < 1.29 is 32.7 Å². The van der Waals surface area contributed by atoms with Crippen LogP contribution in [0.25, 0.3) is 0 Å². The topological polar surface area (TPSA) is 129 Å². The van der Waals surface area contributed by atoms with Gasteiger partial charge in [0, 0.05) is 30.3 Å². The highest BCUT2D eigenvalue weighted by molar-refractivity contribution is 7.92. The van der Waals surface area contributed by atoms with Crippen LogP contribution in [0.15, 0.2) is 30.5 Å². The first kappa shape index (κ1) is 23.5. The summed E-state index contributed by atoms with van der Waals surface area (Å²) in [7, 11) is -3.87. The molecule has 1 aromatic carbocycles. The summed E-state index contributed by atoms with van der Waals surface area (Å²) in [6.07, 6.45) is 2.19. The molecule has 1 aromatic heterocycles. The molecular formula is C21H22FN3O6S. The number of carbonyl (C=O) groups is 2. The first-order valence-corrected chi connectivity index (χ1v) is 11.5. The zero-order valence-electron chi connectivity index (χ0n) is 17.4. The summed E-state index contributed by atoms with van der Waals surface area (Å²) >= 11 is 0. The maximum atomic E-state index is 14.0. The van der Waals surface area contributed by atoms with Crippen molar-refractivity contribution in [1.82, 2.24) is 14.9 Å². The van der Waals surface area contributed by atoms with Crippen LogP contribution in [0.5, 0.6) is 0 Å². The molecule has 1 atom stereocenters. The maximum Gasteiger partial charge on any atom is 0.328 e. The molecule has 1 aliphatic heterocycles. The molecule has 32 heavy (non-hydrogen) atoms. The molecule has 2 heterocycles. The van der Waals surface area contributed by atoms with Gasteiger partial charge < -0.3 is 10.0 Å². The molecular weight excluding hydrogens is 441 g/mol. The van der Waals surface area contributed by atoms with Gasteiger partial charge in [0.15, 0.2) is 14.6 Å². The third kappa shape index (κ3) is 4.38. The van der Waals surface area contributed by atoms with Crippen LogP contribution in [0, 0.1) is 17.7 Å². The normalized spacial score (nSPS) is 15.0. The number of benzene rings is 1. The van der Waals surface area contributed by atoms with Crippen LogP contribution in [0.4, 0.5) is 9.18 Å². The lowest BCUT2D eigenvalue weighted by Gasteiger charge is -2.27. The van der Waals surface area contributed by atoms with Crippen molar-refractivity contribution in [2.45, 2.75) is 31.2 Å². The molecule has 2 aromatic rings. The van der Waals surface area contributed by atoms with E-state index in [1.54, 1.807) is 12.1 Å². The van der Waals surface area contributed by atoms with Crippen molar-refractivity contribution in [3.63, 3.8) is 0 Å². The number of hydroxylamine groups is 1. The van der Waals surface area contributed by atoms with Crippen LogP contribution in [0.2, 0.25) is 0 Å². The predicted molar refractivity (Wildman–Crippen MR) is 112 cm³/mol. The molecule has 2 amide bonds. The molecule has 0 bridgehead atoms. The van der Waals surface area contributed by atoms with Gasteiger partial charge in [-0.3, -0.25) is 14.6 Å². The molecule has 0 radical (unpaired) electrons. The van der Waals surface area contributed by atoms with Crippen LogP contribution in [-0.2, 0) is 27.8 Å². The number of nitrogens with zero attached hydrogens (tertiary/aromatic N) is 2. The maximum absolute atomic E-state index is 14.0. The number of aliphatic hydroxyl groups excluding tert-OH is 1. The zero-order valence-corrected chi connectivity index (χ0v) is 18.2. The Bertz CT molecular complexity index is 1240. The second kappa shape index (κ2) is 8.74. The molecule has 0 aliphatic carbocycles. The lowest BCUT2D eigenvalue weighted by atomic mass is 10.1. The number of nitrogens with one attached hydrogen (secondary N) is 1. The summed E-state index contributed by atoms with van der Waals surface area (Å²) in [5.41, 5.74) is 3.08. The predicted octanol–water partition coefficient (Wildman–Crippen LogP) is 1.00. The number of aromatic nitrogens is 1. The molecule has 1 aliphatic rings. The molecule has 3 N–H and O–H groups in total. The quantitative estimate of drug-likeness (QED) is 0.333. The van der Waals surface area contributed by atoms with Gasteiger partial charge in [-0.1, -0.05) is 17.9 Å². The summed E-state index contributed by atoms with van der Waals surface area (Å²) in [5, 5.41) is 17.9. The van der Waals surface area contributed by atoms with Crippen LogP contribution < -0.4 is 5.48 Å². The van der Waals surface area contributed by atoms with Crippen molar-refractivity contribution in [2.75, 3.05) is 12.8 Å². The van der Waals surface area contributed by atoms with Crippen molar-refractivity contribution in [2.24, 2.45) is 0 Å². The van der Waals surface area contributed by atoms with Crippen molar-refractivity contribution in [3.8, 4) is 11.8 Å². The fourth-order valence-corrected chi connectivity index (χ4v) is 4.14. The smallest absolute Gasteiger partial charge is 0.328 e. The van der Waals surface area contributed by atoms with Crippen LogP contribution in [0.1, 0.15) is 35.7 Å². The van der Waals surface area contributed by atoms with E-state index in [-0.39, 0.29) is 31.7 Å². The summed E-state index contributed by atoms with van der Waals surface area (Å²) in [6, 6.07) is 5.49. The molecule has 9 nitrogen and oxygen atoms in total. The summed E-state index contributed by atoms with van der Waals surface area (Å²) in [6.45, 7) is 1.07.